The predicted molar refractivity (Wildman–Crippen MR) is 112 cm³/mol. The van der Waals surface area contributed by atoms with Crippen molar-refractivity contribution in [1.82, 2.24) is 19.9 Å². The first-order valence-corrected chi connectivity index (χ1v) is 10.1. The van der Waals surface area contributed by atoms with E-state index in [1.165, 1.54) is 0 Å². The zero-order valence-corrected chi connectivity index (χ0v) is 17.0. The van der Waals surface area contributed by atoms with Crippen molar-refractivity contribution in [3.8, 4) is 11.3 Å². The number of thiophene rings is 1. The minimum Gasteiger partial charge on any atom is -0.348 e. The molecular weight excluding hydrogens is 368 g/mol. The van der Waals surface area contributed by atoms with Crippen LogP contribution in [0.1, 0.15) is 34.8 Å². The summed E-state index contributed by atoms with van der Waals surface area (Å²) in [6.07, 6.45) is 0.289. The molecule has 1 N–H and O–H groups in total. The van der Waals surface area contributed by atoms with Crippen LogP contribution in [0.5, 0.6) is 0 Å². The standard InChI is InChI=1S/C22H22N4OS/c1-14-18(12-22(27)24-15(2)20-10-7-11-28-20)16(3)26-21(23-14)13-19(25-26)17-8-5-4-6-9-17/h4-11,13,15H,12H2,1-3H3,(H,24,27). The molecule has 5 nitrogen and oxygen atoms in total. The summed E-state index contributed by atoms with van der Waals surface area (Å²) in [7, 11) is 0. The average Bonchev–Trinajstić information content (AvgIpc) is 3.36. The highest BCUT2D eigenvalue weighted by Gasteiger charge is 2.17. The fraction of sp³-hybridized carbons (Fsp3) is 0.227. The van der Waals surface area contributed by atoms with Gasteiger partial charge in [-0.25, -0.2) is 9.50 Å². The average molecular weight is 391 g/mol. The van der Waals surface area contributed by atoms with E-state index >= 15 is 0 Å². The molecule has 6 heteroatoms. The molecule has 0 aliphatic carbocycles. The third-order valence-electron chi connectivity index (χ3n) is 4.92. The van der Waals surface area contributed by atoms with E-state index < -0.39 is 0 Å². The molecule has 0 aliphatic heterocycles. The molecule has 1 atom stereocenters. The maximum atomic E-state index is 12.6. The molecule has 1 aromatic carbocycles. The smallest absolute Gasteiger partial charge is 0.225 e. The Labute approximate surface area is 168 Å². The summed E-state index contributed by atoms with van der Waals surface area (Å²) >= 11 is 1.65. The molecule has 0 spiro atoms. The Hall–Kier alpha value is -2.99. The molecule has 1 unspecified atom stereocenters. The summed E-state index contributed by atoms with van der Waals surface area (Å²) in [6.45, 7) is 5.95. The lowest BCUT2D eigenvalue weighted by atomic mass is 10.1. The number of carbonyl (C=O) groups excluding carboxylic acids is 1. The van der Waals surface area contributed by atoms with E-state index in [9.17, 15) is 4.79 Å². The van der Waals surface area contributed by atoms with E-state index in [0.717, 1.165) is 38.7 Å². The highest BCUT2D eigenvalue weighted by Crippen LogP contribution is 2.23. The van der Waals surface area contributed by atoms with Gasteiger partial charge >= 0.3 is 0 Å². The van der Waals surface area contributed by atoms with Crippen molar-refractivity contribution in [2.24, 2.45) is 0 Å². The van der Waals surface area contributed by atoms with Crippen LogP contribution in [0.25, 0.3) is 16.9 Å². The van der Waals surface area contributed by atoms with E-state index in [1.807, 2.05) is 79.2 Å². The van der Waals surface area contributed by atoms with Gasteiger partial charge in [-0.2, -0.15) is 5.10 Å². The van der Waals surface area contributed by atoms with Gasteiger partial charge in [-0.05, 0) is 32.2 Å². The topological polar surface area (TPSA) is 59.3 Å². The SMILES string of the molecule is Cc1nc2cc(-c3ccccc3)nn2c(C)c1CC(=O)NC(C)c1cccs1. The largest absolute Gasteiger partial charge is 0.348 e. The molecule has 0 aliphatic rings. The fourth-order valence-corrected chi connectivity index (χ4v) is 4.13. The van der Waals surface area contributed by atoms with Crippen LogP contribution in [0.15, 0.2) is 53.9 Å². The number of hydrogen-bond donors (Lipinski definition) is 1. The number of benzene rings is 1. The van der Waals surface area contributed by atoms with Gasteiger partial charge in [0, 0.05) is 33.5 Å². The number of fused-ring (bicyclic) bond motifs is 1. The third-order valence-corrected chi connectivity index (χ3v) is 5.97. The second-order valence-electron chi connectivity index (χ2n) is 6.91. The number of hydrogen-bond acceptors (Lipinski definition) is 4. The lowest BCUT2D eigenvalue weighted by Crippen LogP contribution is -2.28. The monoisotopic (exact) mass is 390 g/mol. The molecule has 142 valence electrons. The van der Waals surface area contributed by atoms with Crippen molar-refractivity contribution in [2.75, 3.05) is 0 Å². The van der Waals surface area contributed by atoms with Crippen molar-refractivity contribution in [3.05, 3.63) is 75.7 Å². The lowest BCUT2D eigenvalue weighted by molar-refractivity contribution is -0.121. The summed E-state index contributed by atoms with van der Waals surface area (Å²) in [5.74, 6) is -0.0105. The van der Waals surface area contributed by atoms with Gasteiger partial charge in [-0.1, -0.05) is 36.4 Å². The Bertz CT molecular complexity index is 1120. The summed E-state index contributed by atoms with van der Waals surface area (Å²) < 4.78 is 1.83. The molecule has 4 rings (SSSR count). The maximum Gasteiger partial charge on any atom is 0.225 e. The van der Waals surface area contributed by atoms with E-state index in [0.29, 0.717) is 0 Å². The van der Waals surface area contributed by atoms with Crippen molar-refractivity contribution in [3.63, 3.8) is 0 Å². The van der Waals surface area contributed by atoms with Crippen LogP contribution in [0, 0.1) is 13.8 Å². The minimum absolute atomic E-state index is 0.000751. The second kappa shape index (κ2) is 7.56. The summed E-state index contributed by atoms with van der Waals surface area (Å²) in [6, 6.07) is 16.1. The Morgan fingerprint density at radius 2 is 1.96 bits per heavy atom. The van der Waals surface area contributed by atoms with Crippen LogP contribution in [-0.4, -0.2) is 20.5 Å². The second-order valence-corrected chi connectivity index (χ2v) is 7.89. The molecule has 3 aromatic heterocycles. The van der Waals surface area contributed by atoms with Crippen LogP contribution < -0.4 is 5.32 Å². The van der Waals surface area contributed by atoms with Gasteiger partial charge in [0.25, 0.3) is 0 Å². The number of rotatable bonds is 5. The molecule has 0 saturated carbocycles. The number of amides is 1. The maximum absolute atomic E-state index is 12.6. The van der Waals surface area contributed by atoms with E-state index in [2.05, 4.69) is 10.3 Å². The first-order valence-electron chi connectivity index (χ1n) is 9.27. The molecular formula is C22H22N4OS. The Balaban J connectivity index is 1.61. The van der Waals surface area contributed by atoms with Gasteiger partial charge in [0.2, 0.25) is 5.91 Å². The van der Waals surface area contributed by atoms with Crippen LogP contribution in [0.3, 0.4) is 0 Å². The third kappa shape index (κ3) is 3.55. The van der Waals surface area contributed by atoms with Gasteiger partial charge in [0.1, 0.15) is 0 Å². The van der Waals surface area contributed by atoms with Crippen LogP contribution in [0.2, 0.25) is 0 Å². The quantitative estimate of drug-likeness (QED) is 0.546. The molecule has 28 heavy (non-hydrogen) atoms. The molecule has 4 aromatic rings. The van der Waals surface area contributed by atoms with Crippen LogP contribution >= 0.6 is 11.3 Å². The van der Waals surface area contributed by atoms with Gasteiger partial charge < -0.3 is 5.32 Å². The molecule has 0 fully saturated rings. The van der Waals surface area contributed by atoms with Gasteiger partial charge in [-0.15, -0.1) is 11.3 Å². The number of aromatic nitrogens is 3. The van der Waals surface area contributed by atoms with Gasteiger partial charge in [0.15, 0.2) is 5.65 Å². The number of nitrogens with one attached hydrogen (secondary N) is 1. The van der Waals surface area contributed by atoms with Gasteiger partial charge in [0.05, 0.1) is 18.2 Å². The van der Waals surface area contributed by atoms with E-state index in [4.69, 9.17) is 5.10 Å². The minimum atomic E-state index is -0.0105. The number of aryl methyl sites for hydroxylation is 2. The van der Waals surface area contributed by atoms with Crippen molar-refractivity contribution >= 4 is 22.9 Å². The van der Waals surface area contributed by atoms with Crippen LogP contribution in [0.4, 0.5) is 0 Å². The first kappa shape index (κ1) is 18.4. The molecule has 3 heterocycles. The van der Waals surface area contributed by atoms with E-state index in [-0.39, 0.29) is 18.4 Å². The Morgan fingerprint density at radius 3 is 2.68 bits per heavy atom. The summed E-state index contributed by atoms with van der Waals surface area (Å²) in [5.41, 5.74) is 5.46. The normalized spacial score (nSPS) is 12.2. The molecule has 1 amide bonds. The zero-order chi connectivity index (χ0) is 19.7. The van der Waals surface area contributed by atoms with Crippen LogP contribution in [-0.2, 0) is 11.2 Å². The lowest BCUT2D eigenvalue weighted by Gasteiger charge is -2.14. The van der Waals surface area contributed by atoms with Crippen molar-refractivity contribution in [1.29, 1.82) is 0 Å². The fourth-order valence-electron chi connectivity index (χ4n) is 3.39. The van der Waals surface area contributed by atoms with E-state index in [1.54, 1.807) is 11.3 Å². The molecule has 0 saturated heterocycles. The Kier molecular flexibility index (Phi) is 4.96. The molecule has 0 bridgehead atoms. The summed E-state index contributed by atoms with van der Waals surface area (Å²) in [4.78, 5) is 18.5. The predicted octanol–water partition coefficient (Wildman–Crippen LogP) is 4.49. The Morgan fingerprint density at radius 1 is 1.18 bits per heavy atom. The van der Waals surface area contributed by atoms with Gasteiger partial charge in [-0.3, -0.25) is 4.79 Å². The zero-order valence-electron chi connectivity index (χ0n) is 16.1. The van der Waals surface area contributed by atoms with Crippen molar-refractivity contribution < 1.29 is 4.79 Å². The molecule has 0 radical (unpaired) electrons. The van der Waals surface area contributed by atoms with Crippen molar-refractivity contribution in [2.45, 2.75) is 33.2 Å². The number of carbonyl (C=O) groups is 1. The number of nitrogens with zero attached hydrogens (tertiary/aromatic N) is 3. The summed E-state index contributed by atoms with van der Waals surface area (Å²) in [5, 5.41) is 9.82. The highest BCUT2D eigenvalue weighted by atomic mass is 32.1. The first-order chi connectivity index (χ1) is 13.5. The highest BCUT2D eigenvalue weighted by molar-refractivity contribution is 7.10.